The van der Waals surface area contributed by atoms with Crippen molar-refractivity contribution in [2.75, 3.05) is 13.7 Å². The molecule has 3 nitrogen and oxygen atoms in total. The van der Waals surface area contributed by atoms with Crippen molar-refractivity contribution in [2.45, 2.75) is 6.92 Å². The molecule has 0 aromatic carbocycles. The first kappa shape index (κ1) is 4.59. The largest absolute Gasteiger partial charge is 0.548 e. The van der Waals surface area contributed by atoms with Crippen molar-refractivity contribution in [1.82, 2.24) is 5.01 Å². The van der Waals surface area contributed by atoms with Crippen molar-refractivity contribution in [3.63, 3.8) is 0 Å². The lowest BCUT2D eigenvalue weighted by atomic mass is 10.7. The summed E-state index contributed by atoms with van der Waals surface area (Å²) >= 11 is 0. The highest BCUT2D eigenvalue weighted by Gasteiger charge is 1.91. The Morgan fingerprint density at radius 3 is 2.71 bits per heavy atom. The zero-order valence-electron chi connectivity index (χ0n) is 4.55. The number of amidine groups is 1. The third kappa shape index (κ3) is 0.718. The van der Waals surface area contributed by atoms with Crippen LogP contribution in [0.25, 0.3) is 5.43 Å². The first-order valence-corrected chi connectivity index (χ1v) is 2.23. The second-order valence-corrected chi connectivity index (χ2v) is 1.51. The highest BCUT2D eigenvalue weighted by Crippen LogP contribution is 2.04. The van der Waals surface area contributed by atoms with Crippen LogP contribution in [-0.4, -0.2) is 24.6 Å². The van der Waals surface area contributed by atoms with Gasteiger partial charge >= 0.3 is 0 Å². The van der Waals surface area contributed by atoms with E-state index in [4.69, 9.17) is 0 Å². The Labute approximate surface area is 43.0 Å². The summed E-state index contributed by atoms with van der Waals surface area (Å²) in [6, 6.07) is 0. The molecule has 0 aromatic heterocycles. The van der Waals surface area contributed by atoms with Gasteiger partial charge in [0.25, 0.3) is 0 Å². The van der Waals surface area contributed by atoms with E-state index in [1.165, 1.54) is 0 Å². The molecule has 0 aliphatic carbocycles. The predicted octanol–water partition coefficient (Wildman–Crippen LogP) is 0.596. The number of hydrogen-bond acceptors (Lipinski definition) is 2. The quantitative estimate of drug-likeness (QED) is 0.436. The Morgan fingerprint density at radius 1 is 1.86 bits per heavy atom. The van der Waals surface area contributed by atoms with Crippen molar-refractivity contribution in [2.24, 2.45) is 4.99 Å². The Kier molecular flexibility index (Phi) is 0.982. The monoisotopic (exact) mass is 98.1 g/mol. The molecule has 0 saturated heterocycles. The molecule has 0 amide bonds. The summed E-state index contributed by atoms with van der Waals surface area (Å²) in [7, 11) is 1.89. The van der Waals surface area contributed by atoms with Gasteiger partial charge in [0.2, 0.25) is 0 Å². The summed E-state index contributed by atoms with van der Waals surface area (Å²) < 4.78 is 0. The van der Waals surface area contributed by atoms with E-state index >= 15 is 0 Å². The molecule has 0 aromatic rings. The second kappa shape index (κ2) is 1.50. The Bertz CT molecular complexity index is 97.1. The molecule has 1 aliphatic heterocycles. The van der Waals surface area contributed by atoms with Crippen LogP contribution < -0.4 is 0 Å². The maximum absolute atomic E-state index is 3.99. The third-order valence-electron chi connectivity index (χ3n) is 1.04. The molecule has 0 atom stereocenters. The van der Waals surface area contributed by atoms with Gasteiger partial charge in [0.1, 0.15) is 0 Å². The average molecular weight is 98.1 g/mol. The molecule has 0 spiro atoms. The highest BCUT2D eigenvalue weighted by atomic mass is 15.6. The van der Waals surface area contributed by atoms with Gasteiger partial charge in [-0.3, -0.25) is 4.99 Å². The molecule has 0 radical (unpaired) electrons. The summed E-state index contributed by atoms with van der Waals surface area (Å²) in [5.74, 6) is 1.00. The zero-order valence-corrected chi connectivity index (χ0v) is 4.55. The number of hydrogen-bond donors (Lipinski definition) is 0. The fraction of sp³-hybridized carbons (Fsp3) is 0.750. The van der Waals surface area contributed by atoms with Gasteiger partial charge in [0.05, 0.1) is 5.84 Å². The maximum Gasteiger partial charge on any atom is 0.0765 e. The lowest BCUT2D eigenvalue weighted by molar-refractivity contribution is 0.653. The van der Waals surface area contributed by atoms with Crippen LogP contribution >= 0.6 is 0 Å². The Balaban J connectivity index is 2.54. The summed E-state index contributed by atoms with van der Waals surface area (Å²) in [6.45, 7) is 2.55. The highest BCUT2D eigenvalue weighted by molar-refractivity contribution is 5.82. The van der Waals surface area contributed by atoms with Crippen LogP contribution in [-0.2, 0) is 0 Å². The molecule has 0 saturated carbocycles. The topological polar surface area (TPSA) is 29.7 Å². The molecular formula is C4H8N3-. The Morgan fingerprint density at radius 2 is 2.57 bits per heavy atom. The third-order valence-corrected chi connectivity index (χ3v) is 1.04. The van der Waals surface area contributed by atoms with E-state index in [0.29, 0.717) is 6.67 Å². The van der Waals surface area contributed by atoms with Crippen molar-refractivity contribution >= 4 is 5.84 Å². The van der Waals surface area contributed by atoms with E-state index in [-0.39, 0.29) is 0 Å². The lowest BCUT2D eigenvalue weighted by Gasteiger charge is -2.24. The van der Waals surface area contributed by atoms with Gasteiger partial charge in [-0.25, -0.2) is 0 Å². The minimum atomic E-state index is 0.613. The SMILES string of the molecule is CC1=NC[N-]N1C. The van der Waals surface area contributed by atoms with Gasteiger partial charge in [-0.15, -0.1) is 0 Å². The number of nitrogens with zero attached hydrogens (tertiary/aromatic N) is 3. The maximum atomic E-state index is 3.99. The van der Waals surface area contributed by atoms with Gasteiger partial charge in [-0.1, -0.05) is 0 Å². The van der Waals surface area contributed by atoms with Gasteiger partial charge in [-0.2, -0.15) is 0 Å². The van der Waals surface area contributed by atoms with Crippen LogP contribution in [0.2, 0.25) is 0 Å². The number of aliphatic imine (C=N–C) groups is 1. The van der Waals surface area contributed by atoms with Crippen LogP contribution in [0.3, 0.4) is 0 Å². The molecule has 1 rings (SSSR count). The Hall–Kier alpha value is -0.570. The molecule has 0 N–H and O–H groups in total. The molecule has 1 aliphatic rings. The molecule has 3 heteroatoms. The van der Waals surface area contributed by atoms with Gasteiger partial charge in [0.15, 0.2) is 0 Å². The summed E-state index contributed by atoms with van der Waals surface area (Å²) in [5, 5.41) is 1.78. The summed E-state index contributed by atoms with van der Waals surface area (Å²) in [4.78, 5) is 3.99. The fourth-order valence-electron chi connectivity index (χ4n) is 0.433. The molecular weight excluding hydrogens is 90.1 g/mol. The lowest BCUT2D eigenvalue weighted by Crippen LogP contribution is -2.12. The normalized spacial score (nSPS) is 20.3. The van der Waals surface area contributed by atoms with Crippen LogP contribution in [0.1, 0.15) is 6.92 Å². The van der Waals surface area contributed by atoms with Crippen molar-refractivity contribution in [3.8, 4) is 0 Å². The van der Waals surface area contributed by atoms with Gasteiger partial charge in [0, 0.05) is 0 Å². The van der Waals surface area contributed by atoms with E-state index < -0.39 is 0 Å². The van der Waals surface area contributed by atoms with Crippen molar-refractivity contribution in [1.29, 1.82) is 0 Å². The summed E-state index contributed by atoms with van der Waals surface area (Å²) in [6.07, 6.45) is 0. The molecule has 40 valence electrons. The van der Waals surface area contributed by atoms with E-state index in [9.17, 15) is 0 Å². The van der Waals surface area contributed by atoms with Gasteiger partial charge in [-0.05, 0) is 20.6 Å². The van der Waals surface area contributed by atoms with Crippen LogP contribution in [0.4, 0.5) is 0 Å². The molecule has 0 fully saturated rings. The van der Waals surface area contributed by atoms with Crippen LogP contribution in [0.5, 0.6) is 0 Å². The first-order valence-electron chi connectivity index (χ1n) is 2.23. The molecule has 7 heavy (non-hydrogen) atoms. The minimum absolute atomic E-state index is 0.613. The zero-order chi connectivity index (χ0) is 5.28. The summed E-state index contributed by atoms with van der Waals surface area (Å²) in [5.41, 5.74) is 3.95. The molecule has 0 unspecified atom stereocenters. The smallest absolute Gasteiger partial charge is 0.0765 e. The van der Waals surface area contributed by atoms with Gasteiger partial charge < -0.3 is 10.4 Å². The standard InChI is InChI=1S/C4H8N3/c1-4-5-3-6-7(4)2/h3H2,1-2H3/q-1. The van der Waals surface area contributed by atoms with E-state index in [2.05, 4.69) is 10.4 Å². The predicted molar refractivity (Wildman–Crippen MR) is 29.1 cm³/mol. The van der Waals surface area contributed by atoms with Crippen molar-refractivity contribution < 1.29 is 0 Å². The fourth-order valence-corrected chi connectivity index (χ4v) is 0.433. The molecule has 0 bridgehead atoms. The number of rotatable bonds is 0. The van der Waals surface area contributed by atoms with Crippen LogP contribution in [0, 0.1) is 0 Å². The minimum Gasteiger partial charge on any atom is -0.548 e. The average Bonchev–Trinajstić information content (AvgIpc) is 1.91. The molecule has 1 heterocycles. The van der Waals surface area contributed by atoms with Crippen molar-refractivity contribution in [3.05, 3.63) is 5.43 Å². The van der Waals surface area contributed by atoms with E-state index in [1.807, 2.05) is 14.0 Å². The van der Waals surface area contributed by atoms with Crippen LogP contribution in [0.15, 0.2) is 4.99 Å². The first-order chi connectivity index (χ1) is 3.30. The second-order valence-electron chi connectivity index (χ2n) is 1.51. The van der Waals surface area contributed by atoms with E-state index in [0.717, 1.165) is 5.84 Å². The van der Waals surface area contributed by atoms with E-state index in [1.54, 1.807) is 5.01 Å².